The fourth-order valence-corrected chi connectivity index (χ4v) is 7.82. The first kappa shape index (κ1) is 26.7. The highest BCUT2D eigenvalue weighted by molar-refractivity contribution is 6.13. The summed E-state index contributed by atoms with van der Waals surface area (Å²) in [6, 6.07) is 54.0. The summed E-state index contributed by atoms with van der Waals surface area (Å²) in [5.41, 5.74) is 7.88. The van der Waals surface area contributed by atoms with Crippen molar-refractivity contribution in [2.75, 3.05) is 0 Å². The smallest absolute Gasteiger partial charge is 0.124 e. The van der Waals surface area contributed by atoms with Crippen LogP contribution in [0.4, 0.5) is 0 Å². The van der Waals surface area contributed by atoms with Crippen molar-refractivity contribution in [2.45, 2.75) is 0 Å². The van der Waals surface area contributed by atoms with E-state index in [1.807, 2.05) is 12.1 Å². The Labute approximate surface area is 275 Å². The molecular formula is C44H28N2O2. The van der Waals surface area contributed by atoms with E-state index < -0.39 is 0 Å². The molecule has 4 nitrogen and oxygen atoms in total. The van der Waals surface area contributed by atoms with E-state index in [0.717, 1.165) is 55.0 Å². The highest BCUT2D eigenvalue weighted by Gasteiger charge is 2.19. The van der Waals surface area contributed by atoms with Crippen LogP contribution < -0.4 is 0 Å². The van der Waals surface area contributed by atoms with Crippen LogP contribution in [0, 0.1) is 0 Å². The number of para-hydroxylation sites is 4. The predicted molar refractivity (Wildman–Crippen MR) is 199 cm³/mol. The van der Waals surface area contributed by atoms with Crippen LogP contribution in [0.5, 0.6) is 11.5 Å². The van der Waals surface area contributed by atoms with Crippen LogP contribution >= 0.6 is 0 Å². The predicted octanol–water partition coefficient (Wildman–Crippen LogP) is 11.3. The first-order valence-electron chi connectivity index (χ1n) is 16.1. The Morgan fingerprint density at radius 2 is 0.646 bits per heavy atom. The Morgan fingerprint density at radius 3 is 1.00 bits per heavy atom. The number of nitrogens with zero attached hydrogens (tertiary/aromatic N) is 2. The molecule has 8 aromatic carbocycles. The first-order valence-corrected chi connectivity index (χ1v) is 16.1. The van der Waals surface area contributed by atoms with Gasteiger partial charge in [0.05, 0.1) is 22.1 Å². The molecule has 10 aromatic rings. The summed E-state index contributed by atoms with van der Waals surface area (Å²) < 4.78 is 4.59. The fourth-order valence-electron chi connectivity index (χ4n) is 7.82. The number of hydrogen-bond acceptors (Lipinski definition) is 2. The van der Waals surface area contributed by atoms with Crippen molar-refractivity contribution in [3.63, 3.8) is 0 Å². The monoisotopic (exact) mass is 616 g/mol. The lowest BCUT2D eigenvalue weighted by Crippen LogP contribution is -1.95. The average Bonchev–Trinajstić information content (AvgIpc) is 3.65. The van der Waals surface area contributed by atoms with Crippen LogP contribution in [-0.4, -0.2) is 19.3 Å². The molecule has 0 fully saturated rings. The zero-order valence-corrected chi connectivity index (χ0v) is 25.8. The fraction of sp³-hybridized carbons (Fsp3) is 0. The van der Waals surface area contributed by atoms with Crippen LogP contribution in [0.3, 0.4) is 0 Å². The summed E-state index contributed by atoms with van der Waals surface area (Å²) in [7, 11) is 0. The van der Waals surface area contributed by atoms with Crippen LogP contribution in [0.15, 0.2) is 158 Å². The lowest BCUT2D eigenvalue weighted by Gasteiger charge is -2.16. The molecule has 0 aliphatic rings. The summed E-state index contributed by atoms with van der Waals surface area (Å²) in [6.07, 6.45) is 0. The minimum atomic E-state index is 0.126. The maximum atomic E-state index is 11.4. The van der Waals surface area contributed by atoms with Gasteiger partial charge in [-0.15, -0.1) is 0 Å². The van der Waals surface area contributed by atoms with Crippen molar-refractivity contribution in [3.05, 3.63) is 158 Å². The molecule has 0 saturated carbocycles. The first-order chi connectivity index (χ1) is 23.7. The van der Waals surface area contributed by atoms with Crippen molar-refractivity contribution in [2.24, 2.45) is 0 Å². The van der Waals surface area contributed by atoms with E-state index >= 15 is 0 Å². The number of phenolic OH excluding ortho intramolecular Hbond substituents is 2. The molecule has 0 aliphatic heterocycles. The molecule has 2 aromatic heterocycles. The number of fused-ring (bicyclic) bond motifs is 8. The van der Waals surface area contributed by atoms with E-state index in [0.29, 0.717) is 11.1 Å². The minimum absolute atomic E-state index is 0.126. The summed E-state index contributed by atoms with van der Waals surface area (Å²) in [6.45, 7) is 0. The molecule has 48 heavy (non-hydrogen) atoms. The lowest BCUT2D eigenvalue weighted by molar-refractivity contribution is 0.470. The van der Waals surface area contributed by atoms with Gasteiger partial charge in [-0.25, -0.2) is 0 Å². The summed E-state index contributed by atoms with van der Waals surface area (Å²) in [5, 5.41) is 31.3. The second-order valence-electron chi connectivity index (χ2n) is 12.5. The van der Waals surface area contributed by atoms with Crippen molar-refractivity contribution >= 4 is 65.2 Å². The van der Waals surface area contributed by atoms with Crippen molar-refractivity contribution in [1.29, 1.82) is 0 Å². The topological polar surface area (TPSA) is 50.3 Å². The van der Waals surface area contributed by atoms with E-state index in [4.69, 9.17) is 0 Å². The zero-order valence-electron chi connectivity index (χ0n) is 25.8. The Morgan fingerprint density at radius 1 is 0.312 bits per heavy atom. The second kappa shape index (κ2) is 9.99. The molecule has 0 aliphatic carbocycles. The molecule has 2 heterocycles. The quantitative estimate of drug-likeness (QED) is 0.207. The molecule has 0 bridgehead atoms. The van der Waals surface area contributed by atoms with Crippen molar-refractivity contribution in [1.82, 2.24) is 9.13 Å². The van der Waals surface area contributed by atoms with Gasteiger partial charge in [0.25, 0.3) is 0 Å². The van der Waals surface area contributed by atoms with Gasteiger partial charge in [-0.1, -0.05) is 97.1 Å². The number of hydrogen-bond donors (Lipinski definition) is 2. The highest BCUT2D eigenvalue weighted by atomic mass is 16.3. The van der Waals surface area contributed by atoms with E-state index in [2.05, 4.69) is 143 Å². The van der Waals surface area contributed by atoms with Gasteiger partial charge in [0.1, 0.15) is 11.5 Å². The lowest BCUT2D eigenvalue weighted by atomic mass is 9.92. The molecule has 10 rings (SSSR count). The molecular weight excluding hydrogens is 588 g/mol. The van der Waals surface area contributed by atoms with Gasteiger partial charge in [0.2, 0.25) is 0 Å². The van der Waals surface area contributed by atoms with Gasteiger partial charge in [-0.2, -0.15) is 0 Å². The highest BCUT2D eigenvalue weighted by Crippen LogP contribution is 2.46. The molecule has 2 N–H and O–H groups in total. The van der Waals surface area contributed by atoms with E-state index in [9.17, 15) is 10.2 Å². The van der Waals surface area contributed by atoms with Gasteiger partial charge in [0.15, 0.2) is 0 Å². The third-order valence-electron chi connectivity index (χ3n) is 9.89. The molecule has 226 valence electrons. The Balaban J connectivity index is 1.18. The van der Waals surface area contributed by atoms with E-state index in [-0.39, 0.29) is 11.5 Å². The second-order valence-corrected chi connectivity index (χ2v) is 12.5. The van der Waals surface area contributed by atoms with Gasteiger partial charge in [-0.3, -0.25) is 0 Å². The average molecular weight is 617 g/mol. The zero-order chi connectivity index (χ0) is 31.9. The minimum Gasteiger partial charge on any atom is -0.507 e. The SMILES string of the molecule is Oc1ccc2cc(-n3c4ccccc4c4ccccc43)ccc2c1-c1c(O)ccc2cc(-n3c4ccccc4c4ccccc43)ccc12. The third-order valence-corrected chi connectivity index (χ3v) is 9.89. The van der Waals surface area contributed by atoms with Crippen molar-refractivity contribution in [3.8, 4) is 34.0 Å². The summed E-state index contributed by atoms with van der Waals surface area (Å²) in [5.74, 6) is 0.253. The molecule has 0 spiro atoms. The summed E-state index contributed by atoms with van der Waals surface area (Å²) in [4.78, 5) is 0. The van der Waals surface area contributed by atoms with Crippen LogP contribution in [0.2, 0.25) is 0 Å². The number of benzene rings is 8. The van der Waals surface area contributed by atoms with Crippen molar-refractivity contribution < 1.29 is 10.2 Å². The Hall–Kier alpha value is -6.52. The van der Waals surface area contributed by atoms with Gasteiger partial charge >= 0.3 is 0 Å². The van der Waals surface area contributed by atoms with E-state index in [1.165, 1.54) is 21.5 Å². The number of aromatic nitrogens is 2. The van der Waals surface area contributed by atoms with Crippen LogP contribution in [-0.2, 0) is 0 Å². The Bertz CT molecular complexity index is 2620. The molecule has 4 heteroatoms. The number of phenols is 2. The Kier molecular flexibility index (Phi) is 5.55. The van der Waals surface area contributed by atoms with Gasteiger partial charge < -0.3 is 19.3 Å². The van der Waals surface area contributed by atoms with Gasteiger partial charge in [-0.05, 0) is 82.2 Å². The molecule has 0 unspecified atom stereocenters. The molecule has 0 amide bonds. The number of aromatic hydroxyl groups is 2. The standard InChI is InChI=1S/C44H28N2O2/c47-41-23-17-27-25-29(45-37-13-5-1-9-33(37)34-10-2-6-14-38(34)45)19-21-31(27)43(41)44-32-22-20-30(26-28(32)18-24-42(44)48)46-39-15-7-3-11-35(39)36-12-4-8-16-40(36)46/h1-26,47-48H. The molecule has 0 atom stereocenters. The maximum absolute atomic E-state index is 11.4. The maximum Gasteiger partial charge on any atom is 0.124 e. The van der Waals surface area contributed by atoms with Crippen LogP contribution in [0.25, 0.3) is 87.7 Å². The van der Waals surface area contributed by atoms with Crippen LogP contribution in [0.1, 0.15) is 0 Å². The summed E-state index contributed by atoms with van der Waals surface area (Å²) >= 11 is 0. The van der Waals surface area contributed by atoms with Gasteiger partial charge in [0, 0.05) is 44.0 Å². The third kappa shape index (κ3) is 3.71. The molecule has 0 saturated heterocycles. The molecule has 0 radical (unpaired) electrons. The largest absolute Gasteiger partial charge is 0.507 e. The van der Waals surface area contributed by atoms with E-state index in [1.54, 1.807) is 12.1 Å². The normalized spacial score (nSPS) is 11.9. The number of rotatable bonds is 3.